The van der Waals surface area contributed by atoms with E-state index in [1.165, 1.54) is 5.06 Å². The molecular weight excluding hydrogens is 344 g/mol. The van der Waals surface area contributed by atoms with Crippen molar-refractivity contribution in [3.05, 3.63) is 34.4 Å². The molecule has 1 aromatic rings. The summed E-state index contributed by atoms with van der Waals surface area (Å²) in [6.07, 6.45) is 0.843. The Bertz CT molecular complexity index is 728. The first-order valence-corrected chi connectivity index (χ1v) is 9.63. The number of carbonyl (C=O) groups excluding carboxylic acids is 2. The first-order chi connectivity index (χ1) is 12.7. The molecule has 2 aliphatic rings. The Morgan fingerprint density at radius 3 is 2.11 bits per heavy atom. The SMILES string of the molecule is CON1CCC2(CC1)C(=O)C(c1c(C)cc(C)cc1C)C(=O)N2OC(C)C. The van der Waals surface area contributed by atoms with E-state index in [4.69, 9.17) is 9.68 Å². The Balaban J connectivity index is 2.06. The molecule has 0 N–H and O–H groups in total. The van der Waals surface area contributed by atoms with Crippen molar-refractivity contribution in [3.8, 4) is 0 Å². The zero-order chi connectivity index (χ0) is 19.9. The number of hydrogen-bond acceptors (Lipinski definition) is 5. The molecule has 0 aliphatic carbocycles. The molecule has 0 bridgehead atoms. The van der Waals surface area contributed by atoms with Gasteiger partial charge in [-0.2, -0.15) is 5.06 Å². The Hall–Kier alpha value is -1.76. The first-order valence-electron chi connectivity index (χ1n) is 9.63. The van der Waals surface area contributed by atoms with Crippen molar-refractivity contribution >= 4 is 11.7 Å². The quantitative estimate of drug-likeness (QED) is 0.759. The smallest absolute Gasteiger partial charge is 0.262 e. The molecule has 1 atom stereocenters. The van der Waals surface area contributed by atoms with Crippen molar-refractivity contribution in [1.82, 2.24) is 10.1 Å². The molecule has 2 aliphatic heterocycles. The van der Waals surface area contributed by atoms with Gasteiger partial charge in [-0.3, -0.25) is 14.4 Å². The standard InChI is InChI=1S/C21H30N2O4/c1-13(2)27-23-20(25)18(17-15(4)11-14(3)12-16(17)5)19(24)21(23)7-9-22(26-6)10-8-21/h11-13,18H,7-10H2,1-6H3. The van der Waals surface area contributed by atoms with Crippen LogP contribution in [0, 0.1) is 20.8 Å². The second kappa shape index (κ2) is 7.34. The summed E-state index contributed by atoms with van der Waals surface area (Å²) in [4.78, 5) is 38.3. The molecule has 1 spiro atoms. The van der Waals surface area contributed by atoms with E-state index in [0.29, 0.717) is 25.9 Å². The minimum atomic E-state index is -0.912. The lowest BCUT2D eigenvalue weighted by Crippen LogP contribution is -2.56. The van der Waals surface area contributed by atoms with E-state index in [1.807, 2.05) is 51.8 Å². The van der Waals surface area contributed by atoms with Crippen LogP contribution in [0.25, 0.3) is 0 Å². The summed E-state index contributed by atoms with van der Waals surface area (Å²) in [7, 11) is 1.63. The van der Waals surface area contributed by atoms with Gasteiger partial charge in [-0.15, -0.1) is 0 Å². The molecule has 1 unspecified atom stereocenters. The first kappa shape index (κ1) is 20.0. The van der Waals surface area contributed by atoms with Gasteiger partial charge in [0.15, 0.2) is 5.78 Å². The van der Waals surface area contributed by atoms with Crippen molar-refractivity contribution in [2.75, 3.05) is 20.2 Å². The third-order valence-corrected chi connectivity index (χ3v) is 5.71. The maximum atomic E-state index is 13.7. The van der Waals surface area contributed by atoms with Crippen LogP contribution in [0.2, 0.25) is 0 Å². The number of amides is 1. The Morgan fingerprint density at radius 2 is 1.63 bits per heavy atom. The van der Waals surface area contributed by atoms with Crippen molar-refractivity contribution in [2.24, 2.45) is 0 Å². The third-order valence-electron chi connectivity index (χ3n) is 5.71. The van der Waals surface area contributed by atoms with Crippen molar-refractivity contribution in [1.29, 1.82) is 0 Å². The van der Waals surface area contributed by atoms with Gasteiger partial charge in [-0.1, -0.05) is 17.7 Å². The lowest BCUT2D eigenvalue weighted by Gasteiger charge is -2.42. The van der Waals surface area contributed by atoms with Gasteiger partial charge in [0, 0.05) is 13.1 Å². The fourth-order valence-electron chi connectivity index (χ4n) is 4.56. The van der Waals surface area contributed by atoms with E-state index >= 15 is 0 Å². The number of carbonyl (C=O) groups is 2. The van der Waals surface area contributed by atoms with Crippen molar-refractivity contribution < 1.29 is 19.3 Å². The van der Waals surface area contributed by atoms with E-state index < -0.39 is 11.5 Å². The molecular formula is C21H30N2O4. The number of rotatable bonds is 4. The third kappa shape index (κ3) is 3.30. The average molecular weight is 374 g/mol. The summed E-state index contributed by atoms with van der Waals surface area (Å²) in [5.74, 6) is -1.08. The fraction of sp³-hybridized carbons (Fsp3) is 0.619. The zero-order valence-electron chi connectivity index (χ0n) is 17.2. The van der Waals surface area contributed by atoms with Crippen LogP contribution < -0.4 is 0 Å². The summed E-state index contributed by atoms with van der Waals surface area (Å²) >= 11 is 0. The highest BCUT2D eigenvalue weighted by atomic mass is 16.7. The van der Waals surface area contributed by atoms with Gasteiger partial charge in [0.1, 0.15) is 11.5 Å². The van der Waals surface area contributed by atoms with Crippen LogP contribution in [0.1, 0.15) is 54.9 Å². The van der Waals surface area contributed by atoms with E-state index in [0.717, 1.165) is 22.3 Å². The molecule has 2 fully saturated rings. The van der Waals surface area contributed by atoms with Crippen LogP contribution in [0.5, 0.6) is 0 Å². The second-order valence-electron chi connectivity index (χ2n) is 8.04. The highest BCUT2D eigenvalue weighted by Gasteiger charge is 2.61. The summed E-state index contributed by atoms with van der Waals surface area (Å²) < 4.78 is 0. The predicted molar refractivity (Wildman–Crippen MR) is 102 cm³/mol. The maximum absolute atomic E-state index is 13.7. The van der Waals surface area contributed by atoms with Crippen LogP contribution in [0.15, 0.2) is 12.1 Å². The minimum absolute atomic E-state index is 0.0426. The lowest BCUT2D eigenvalue weighted by molar-refractivity contribution is -0.242. The van der Waals surface area contributed by atoms with Gasteiger partial charge in [0.25, 0.3) is 5.91 Å². The van der Waals surface area contributed by atoms with Gasteiger partial charge in [0.2, 0.25) is 0 Å². The summed E-state index contributed by atoms with van der Waals surface area (Å²) in [6.45, 7) is 10.9. The lowest BCUT2D eigenvalue weighted by atomic mass is 9.79. The number of nitrogens with zero attached hydrogens (tertiary/aromatic N) is 2. The molecule has 0 saturated carbocycles. The van der Waals surface area contributed by atoms with Crippen LogP contribution in [0.3, 0.4) is 0 Å². The Morgan fingerprint density at radius 1 is 1.07 bits per heavy atom. The second-order valence-corrected chi connectivity index (χ2v) is 8.04. The van der Waals surface area contributed by atoms with Crippen LogP contribution in [-0.4, -0.2) is 53.7 Å². The number of Topliss-reactive ketones (excluding diaryl/α,β-unsaturated/α-hetero) is 1. The molecule has 3 rings (SSSR count). The van der Waals surface area contributed by atoms with Crippen LogP contribution >= 0.6 is 0 Å². The Labute approximate surface area is 161 Å². The number of aryl methyl sites for hydroxylation is 3. The van der Waals surface area contributed by atoms with E-state index in [9.17, 15) is 9.59 Å². The highest BCUT2D eigenvalue weighted by Crippen LogP contribution is 2.45. The molecule has 1 aromatic carbocycles. The van der Waals surface area contributed by atoms with Crippen molar-refractivity contribution in [2.45, 2.75) is 65.0 Å². The summed E-state index contributed by atoms with van der Waals surface area (Å²) in [5, 5.41) is 3.22. The van der Waals surface area contributed by atoms with Gasteiger partial charge in [-0.25, -0.2) is 5.06 Å². The molecule has 1 amide bonds. The number of hydroxylamine groups is 4. The number of piperidine rings is 1. The van der Waals surface area contributed by atoms with E-state index in [1.54, 1.807) is 7.11 Å². The molecule has 27 heavy (non-hydrogen) atoms. The zero-order valence-corrected chi connectivity index (χ0v) is 17.2. The summed E-state index contributed by atoms with van der Waals surface area (Å²) in [5.41, 5.74) is 3.01. The Kier molecular flexibility index (Phi) is 5.43. The number of hydrogen-bond donors (Lipinski definition) is 0. The number of benzene rings is 1. The molecule has 6 heteroatoms. The predicted octanol–water partition coefficient (Wildman–Crippen LogP) is 2.84. The molecule has 0 aromatic heterocycles. The van der Waals surface area contributed by atoms with Gasteiger partial charge < -0.3 is 4.84 Å². The topological polar surface area (TPSA) is 59.1 Å². The molecule has 0 radical (unpaired) electrons. The van der Waals surface area contributed by atoms with Crippen LogP contribution in [0.4, 0.5) is 0 Å². The van der Waals surface area contributed by atoms with Gasteiger partial charge >= 0.3 is 0 Å². The van der Waals surface area contributed by atoms with Gasteiger partial charge in [-0.05, 0) is 64.2 Å². The molecule has 148 valence electrons. The van der Waals surface area contributed by atoms with Crippen molar-refractivity contribution in [3.63, 3.8) is 0 Å². The largest absolute Gasteiger partial charge is 0.302 e. The van der Waals surface area contributed by atoms with E-state index in [-0.39, 0.29) is 17.8 Å². The van der Waals surface area contributed by atoms with Gasteiger partial charge in [0.05, 0.1) is 13.2 Å². The minimum Gasteiger partial charge on any atom is -0.302 e. The highest BCUT2D eigenvalue weighted by molar-refractivity contribution is 6.17. The normalized spacial score (nSPS) is 23.1. The molecule has 2 heterocycles. The average Bonchev–Trinajstić information content (AvgIpc) is 2.78. The number of ketones is 1. The molecule has 6 nitrogen and oxygen atoms in total. The van der Waals surface area contributed by atoms with Crippen LogP contribution in [-0.2, 0) is 19.3 Å². The molecule has 2 saturated heterocycles. The maximum Gasteiger partial charge on any atom is 0.262 e. The fourth-order valence-corrected chi connectivity index (χ4v) is 4.56. The summed E-state index contributed by atoms with van der Waals surface area (Å²) in [6, 6.07) is 4.07. The van der Waals surface area contributed by atoms with E-state index in [2.05, 4.69) is 0 Å². The monoisotopic (exact) mass is 374 g/mol.